The topological polar surface area (TPSA) is 20.2 Å². The van der Waals surface area contributed by atoms with Crippen molar-refractivity contribution in [2.24, 2.45) is 0 Å². The van der Waals surface area contributed by atoms with E-state index in [4.69, 9.17) is 0 Å². The van der Waals surface area contributed by atoms with Crippen LogP contribution in [0.2, 0.25) is 0 Å². The average molecular weight is 367 g/mol. The van der Waals surface area contributed by atoms with Crippen LogP contribution in [-0.2, 0) is 0 Å². The fourth-order valence-corrected chi connectivity index (χ4v) is 4.27. The molecule has 4 aromatic rings. The Hall–Kier alpha value is -3.04. The van der Waals surface area contributed by atoms with Gasteiger partial charge >= 0.3 is 0 Å². The zero-order valence-electron chi connectivity index (χ0n) is 16.0. The predicted molar refractivity (Wildman–Crippen MR) is 117 cm³/mol. The molecule has 0 amide bonds. The predicted octanol–water partition coefficient (Wildman–Crippen LogP) is 4.69. The third-order valence-corrected chi connectivity index (χ3v) is 5.70. The molecule has 1 fully saturated rings. The first-order valence-corrected chi connectivity index (χ1v) is 10.1. The standard InChI is InChI=1S/C25H25N3/c1-3-7-21(8-4-1)25(22-9-5-2-6-10-22)28-16-13-20-11-12-23(19-24(20)28)27-17-14-26-15-18-27/h1-13,16,19,25-26H,14-15,17-18H2. The summed E-state index contributed by atoms with van der Waals surface area (Å²) in [5.41, 5.74) is 5.21. The smallest absolute Gasteiger partial charge is 0.0839 e. The van der Waals surface area contributed by atoms with E-state index in [0.29, 0.717) is 0 Å². The third kappa shape index (κ3) is 3.19. The minimum absolute atomic E-state index is 0.165. The van der Waals surface area contributed by atoms with E-state index in [1.54, 1.807) is 0 Å². The van der Waals surface area contributed by atoms with Gasteiger partial charge in [0.25, 0.3) is 0 Å². The van der Waals surface area contributed by atoms with Crippen molar-refractivity contribution >= 4 is 16.6 Å². The second-order valence-electron chi connectivity index (χ2n) is 7.43. The largest absolute Gasteiger partial charge is 0.369 e. The van der Waals surface area contributed by atoms with Crippen molar-refractivity contribution in [3.05, 3.63) is 102 Å². The van der Waals surface area contributed by atoms with Gasteiger partial charge in [-0.1, -0.05) is 66.7 Å². The van der Waals surface area contributed by atoms with Crippen molar-refractivity contribution in [2.45, 2.75) is 6.04 Å². The van der Waals surface area contributed by atoms with E-state index >= 15 is 0 Å². The number of fused-ring (bicyclic) bond motifs is 1. The fourth-order valence-electron chi connectivity index (χ4n) is 4.27. The van der Waals surface area contributed by atoms with Crippen LogP contribution in [0.3, 0.4) is 0 Å². The minimum Gasteiger partial charge on any atom is -0.369 e. The van der Waals surface area contributed by atoms with Crippen molar-refractivity contribution < 1.29 is 0 Å². The maximum absolute atomic E-state index is 3.44. The summed E-state index contributed by atoms with van der Waals surface area (Å²) in [6.45, 7) is 4.23. The highest BCUT2D eigenvalue weighted by Gasteiger charge is 2.19. The molecule has 1 saturated heterocycles. The molecule has 1 aliphatic rings. The Morgan fingerprint density at radius 2 is 1.36 bits per heavy atom. The first-order chi connectivity index (χ1) is 13.9. The lowest BCUT2D eigenvalue weighted by molar-refractivity contribution is 0.589. The van der Waals surface area contributed by atoms with Gasteiger partial charge in [-0.05, 0) is 34.7 Å². The molecule has 0 bridgehead atoms. The highest BCUT2D eigenvalue weighted by molar-refractivity contribution is 5.84. The van der Waals surface area contributed by atoms with Crippen LogP contribution in [0.5, 0.6) is 0 Å². The molecule has 0 spiro atoms. The summed E-state index contributed by atoms with van der Waals surface area (Å²) in [7, 11) is 0. The molecule has 0 aliphatic carbocycles. The van der Waals surface area contributed by atoms with Gasteiger partial charge in [-0.2, -0.15) is 0 Å². The molecule has 140 valence electrons. The summed E-state index contributed by atoms with van der Waals surface area (Å²) in [5, 5.41) is 4.73. The summed E-state index contributed by atoms with van der Waals surface area (Å²) in [6, 6.07) is 30.9. The molecule has 2 heterocycles. The van der Waals surface area contributed by atoms with Gasteiger partial charge in [-0.25, -0.2) is 0 Å². The van der Waals surface area contributed by atoms with Crippen LogP contribution in [0.1, 0.15) is 17.2 Å². The molecule has 1 aromatic heterocycles. The van der Waals surface area contributed by atoms with Gasteiger partial charge in [0.15, 0.2) is 0 Å². The van der Waals surface area contributed by atoms with E-state index in [2.05, 4.69) is 106 Å². The second-order valence-corrected chi connectivity index (χ2v) is 7.43. The number of nitrogens with zero attached hydrogens (tertiary/aromatic N) is 2. The number of nitrogens with one attached hydrogen (secondary N) is 1. The number of piperazine rings is 1. The lowest BCUT2D eigenvalue weighted by atomic mass is 9.98. The van der Waals surface area contributed by atoms with Crippen LogP contribution < -0.4 is 10.2 Å². The number of anilines is 1. The van der Waals surface area contributed by atoms with Crippen LogP contribution in [0.25, 0.3) is 10.9 Å². The van der Waals surface area contributed by atoms with Crippen molar-refractivity contribution in [1.82, 2.24) is 9.88 Å². The Labute approximate surface area is 166 Å². The summed E-state index contributed by atoms with van der Waals surface area (Å²) >= 11 is 0. The molecule has 0 unspecified atom stereocenters. The summed E-state index contributed by atoms with van der Waals surface area (Å²) in [5.74, 6) is 0. The number of hydrogen-bond donors (Lipinski definition) is 1. The van der Waals surface area contributed by atoms with Crippen molar-refractivity contribution in [3.63, 3.8) is 0 Å². The van der Waals surface area contributed by atoms with Gasteiger partial charge in [-0.15, -0.1) is 0 Å². The summed E-state index contributed by atoms with van der Waals surface area (Å²) < 4.78 is 2.42. The summed E-state index contributed by atoms with van der Waals surface area (Å²) in [4.78, 5) is 2.48. The van der Waals surface area contributed by atoms with Gasteiger partial charge in [0.05, 0.1) is 11.6 Å². The number of aromatic nitrogens is 1. The molecule has 28 heavy (non-hydrogen) atoms. The van der Waals surface area contributed by atoms with Crippen molar-refractivity contribution in [2.75, 3.05) is 31.1 Å². The number of benzene rings is 3. The normalized spacial score (nSPS) is 14.7. The first-order valence-electron chi connectivity index (χ1n) is 10.1. The van der Waals surface area contributed by atoms with Gasteiger partial charge in [0.1, 0.15) is 0 Å². The zero-order chi connectivity index (χ0) is 18.8. The van der Waals surface area contributed by atoms with Crippen molar-refractivity contribution in [3.8, 4) is 0 Å². The third-order valence-electron chi connectivity index (χ3n) is 5.70. The van der Waals surface area contributed by atoms with Gasteiger partial charge < -0.3 is 14.8 Å². The molecular formula is C25H25N3. The van der Waals surface area contributed by atoms with Crippen LogP contribution in [0, 0.1) is 0 Å². The van der Waals surface area contributed by atoms with Crippen LogP contribution in [-0.4, -0.2) is 30.7 Å². The van der Waals surface area contributed by atoms with Crippen LogP contribution >= 0.6 is 0 Å². The molecular weight excluding hydrogens is 342 g/mol. The van der Waals surface area contributed by atoms with Crippen LogP contribution in [0.4, 0.5) is 5.69 Å². The Bertz CT molecular complexity index is 1010. The molecule has 3 heteroatoms. The van der Waals surface area contributed by atoms with E-state index in [-0.39, 0.29) is 6.04 Å². The van der Waals surface area contributed by atoms with E-state index in [0.717, 1.165) is 26.2 Å². The lowest BCUT2D eigenvalue weighted by Gasteiger charge is -2.30. The molecule has 5 rings (SSSR count). The van der Waals surface area contributed by atoms with Crippen molar-refractivity contribution in [1.29, 1.82) is 0 Å². The maximum atomic E-state index is 3.44. The van der Waals surface area contributed by atoms with E-state index in [9.17, 15) is 0 Å². The second kappa shape index (κ2) is 7.53. The Morgan fingerprint density at radius 3 is 2.00 bits per heavy atom. The molecule has 1 N–H and O–H groups in total. The Balaban J connectivity index is 1.64. The maximum Gasteiger partial charge on any atom is 0.0839 e. The highest BCUT2D eigenvalue weighted by Crippen LogP contribution is 2.32. The van der Waals surface area contributed by atoms with Gasteiger partial charge in [0, 0.05) is 38.1 Å². The SMILES string of the molecule is c1ccc(C(c2ccccc2)n2ccc3ccc(N4CCNCC4)cc32)cc1. The quantitative estimate of drug-likeness (QED) is 0.565. The van der Waals surface area contributed by atoms with E-state index < -0.39 is 0 Å². The Morgan fingerprint density at radius 1 is 0.714 bits per heavy atom. The minimum atomic E-state index is 0.165. The van der Waals surface area contributed by atoms with E-state index in [1.807, 2.05) is 0 Å². The van der Waals surface area contributed by atoms with Gasteiger partial charge in [-0.3, -0.25) is 0 Å². The fraction of sp³-hybridized carbons (Fsp3) is 0.200. The molecule has 0 atom stereocenters. The summed E-state index contributed by atoms with van der Waals surface area (Å²) in [6.07, 6.45) is 2.23. The molecule has 0 radical (unpaired) electrons. The average Bonchev–Trinajstić information content (AvgIpc) is 3.19. The lowest BCUT2D eigenvalue weighted by Crippen LogP contribution is -2.43. The molecule has 3 aromatic carbocycles. The monoisotopic (exact) mass is 367 g/mol. The molecule has 0 saturated carbocycles. The van der Waals surface area contributed by atoms with Crippen LogP contribution in [0.15, 0.2) is 91.1 Å². The number of rotatable bonds is 4. The van der Waals surface area contributed by atoms with Gasteiger partial charge in [0.2, 0.25) is 0 Å². The molecule has 3 nitrogen and oxygen atoms in total. The molecule has 1 aliphatic heterocycles. The van der Waals surface area contributed by atoms with E-state index in [1.165, 1.54) is 27.7 Å². The first kappa shape index (κ1) is 17.1. The highest BCUT2D eigenvalue weighted by atomic mass is 15.2. The Kier molecular flexibility index (Phi) is 4.59. The zero-order valence-corrected chi connectivity index (χ0v) is 16.0. The number of hydrogen-bond acceptors (Lipinski definition) is 2.